The van der Waals surface area contributed by atoms with Gasteiger partial charge in [-0.1, -0.05) is 29.8 Å². The minimum Gasteiger partial charge on any atom is -0.481 e. The summed E-state index contributed by atoms with van der Waals surface area (Å²) in [6.45, 7) is 3.49. The molecule has 0 unspecified atom stereocenters. The Labute approximate surface area is 154 Å². The number of methoxy groups -OCH3 is 1. The Kier molecular flexibility index (Phi) is 8.39. The van der Waals surface area contributed by atoms with Crippen LogP contribution in [-0.4, -0.2) is 25.1 Å². The molecule has 0 saturated heterocycles. The minimum atomic E-state index is 0. The number of nitrogens with zero attached hydrogens (tertiary/aromatic N) is 2. The zero-order chi connectivity index (χ0) is 15.8. The van der Waals surface area contributed by atoms with E-state index in [1.54, 1.807) is 20.4 Å². The van der Waals surface area contributed by atoms with Crippen LogP contribution in [0.1, 0.15) is 16.7 Å². The van der Waals surface area contributed by atoms with E-state index in [1.165, 1.54) is 11.1 Å². The van der Waals surface area contributed by atoms with E-state index < -0.39 is 0 Å². The van der Waals surface area contributed by atoms with Gasteiger partial charge in [0.05, 0.1) is 7.11 Å². The molecule has 1 aromatic carbocycles. The van der Waals surface area contributed by atoms with Gasteiger partial charge in [0.2, 0.25) is 5.88 Å². The molecule has 2 rings (SSSR count). The number of benzene rings is 1. The lowest BCUT2D eigenvalue weighted by Gasteiger charge is -2.12. The van der Waals surface area contributed by atoms with E-state index in [-0.39, 0.29) is 24.0 Å². The fraction of sp³-hybridized carbons (Fsp3) is 0.294. The molecule has 0 fully saturated rings. The first kappa shape index (κ1) is 19.2. The number of aromatic nitrogens is 1. The minimum absolute atomic E-state index is 0. The summed E-state index contributed by atoms with van der Waals surface area (Å²) in [5.74, 6) is 1.37. The first-order chi connectivity index (χ1) is 10.7. The lowest BCUT2D eigenvalue weighted by Crippen LogP contribution is -2.36. The van der Waals surface area contributed by atoms with Crippen LogP contribution in [0.2, 0.25) is 0 Å². The van der Waals surface area contributed by atoms with E-state index in [2.05, 4.69) is 51.8 Å². The number of rotatable bonds is 5. The summed E-state index contributed by atoms with van der Waals surface area (Å²) in [7, 11) is 3.38. The van der Waals surface area contributed by atoms with Crippen molar-refractivity contribution in [2.24, 2.45) is 4.99 Å². The summed E-state index contributed by atoms with van der Waals surface area (Å²) in [6.07, 6.45) is 1.73. The van der Waals surface area contributed by atoms with E-state index in [0.29, 0.717) is 12.4 Å². The first-order valence-corrected chi connectivity index (χ1v) is 7.20. The monoisotopic (exact) mass is 426 g/mol. The number of hydrogen-bond donors (Lipinski definition) is 2. The summed E-state index contributed by atoms with van der Waals surface area (Å²) in [5.41, 5.74) is 3.57. The molecule has 23 heavy (non-hydrogen) atoms. The number of halogens is 1. The molecule has 6 heteroatoms. The second-order valence-corrected chi connectivity index (χ2v) is 4.97. The van der Waals surface area contributed by atoms with Gasteiger partial charge in [0, 0.05) is 32.4 Å². The lowest BCUT2D eigenvalue weighted by atomic mass is 10.1. The number of guanidine groups is 1. The van der Waals surface area contributed by atoms with Gasteiger partial charge in [-0.05, 0) is 24.1 Å². The highest BCUT2D eigenvalue weighted by molar-refractivity contribution is 14.0. The van der Waals surface area contributed by atoms with Crippen molar-refractivity contribution in [2.75, 3.05) is 14.2 Å². The quantitative estimate of drug-likeness (QED) is 0.439. The van der Waals surface area contributed by atoms with E-state index in [1.807, 2.05) is 12.1 Å². The molecule has 0 amide bonds. The Balaban J connectivity index is 0.00000264. The third kappa shape index (κ3) is 6.43. The third-order valence-corrected chi connectivity index (χ3v) is 3.23. The molecule has 0 aliphatic carbocycles. The Morgan fingerprint density at radius 1 is 1.13 bits per heavy atom. The number of nitrogens with one attached hydrogen (secondary N) is 2. The molecule has 2 aromatic rings. The van der Waals surface area contributed by atoms with Crippen LogP contribution in [0.3, 0.4) is 0 Å². The summed E-state index contributed by atoms with van der Waals surface area (Å²) in [5, 5.41) is 6.58. The molecule has 0 aliphatic rings. The van der Waals surface area contributed by atoms with Crippen molar-refractivity contribution in [1.29, 1.82) is 0 Å². The SMILES string of the molecule is CN=C(NCc1cccc(C)c1)NCc1ccnc(OC)c1.I. The largest absolute Gasteiger partial charge is 0.481 e. The van der Waals surface area contributed by atoms with Crippen LogP contribution in [0.5, 0.6) is 5.88 Å². The van der Waals surface area contributed by atoms with Crippen molar-refractivity contribution >= 4 is 29.9 Å². The smallest absolute Gasteiger partial charge is 0.213 e. The van der Waals surface area contributed by atoms with Crippen molar-refractivity contribution < 1.29 is 4.74 Å². The van der Waals surface area contributed by atoms with Crippen LogP contribution in [0, 0.1) is 6.92 Å². The van der Waals surface area contributed by atoms with Gasteiger partial charge >= 0.3 is 0 Å². The van der Waals surface area contributed by atoms with Crippen LogP contribution >= 0.6 is 24.0 Å². The molecular formula is C17H23IN4O. The molecular weight excluding hydrogens is 403 g/mol. The Bertz CT molecular complexity index is 646. The van der Waals surface area contributed by atoms with Gasteiger partial charge in [-0.25, -0.2) is 4.98 Å². The first-order valence-electron chi connectivity index (χ1n) is 7.20. The van der Waals surface area contributed by atoms with E-state index in [4.69, 9.17) is 4.74 Å². The number of pyridine rings is 1. The molecule has 5 nitrogen and oxygen atoms in total. The highest BCUT2D eigenvalue weighted by Gasteiger charge is 2.01. The maximum atomic E-state index is 5.12. The molecule has 0 atom stereocenters. The average Bonchev–Trinajstić information content (AvgIpc) is 2.55. The van der Waals surface area contributed by atoms with Gasteiger partial charge in [0.15, 0.2) is 5.96 Å². The van der Waals surface area contributed by atoms with E-state index in [0.717, 1.165) is 18.1 Å². The molecule has 1 aromatic heterocycles. The summed E-state index contributed by atoms with van der Waals surface area (Å²) >= 11 is 0. The second kappa shape index (κ2) is 10.0. The highest BCUT2D eigenvalue weighted by Crippen LogP contribution is 2.08. The molecule has 0 aliphatic heterocycles. The van der Waals surface area contributed by atoms with Crippen molar-refractivity contribution in [3.8, 4) is 5.88 Å². The molecule has 0 radical (unpaired) electrons. The van der Waals surface area contributed by atoms with Gasteiger partial charge in [0.1, 0.15) is 0 Å². The van der Waals surface area contributed by atoms with Gasteiger partial charge in [-0.3, -0.25) is 4.99 Å². The summed E-state index contributed by atoms with van der Waals surface area (Å²) in [4.78, 5) is 8.32. The van der Waals surface area contributed by atoms with Crippen LogP contribution in [0.4, 0.5) is 0 Å². The predicted octanol–water partition coefficient (Wildman–Crippen LogP) is 2.88. The molecule has 0 spiro atoms. The maximum absolute atomic E-state index is 5.12. The third-order valence-electron chi connectivity index (χ3n) is 3.23. The van der Waals surface area contributed by atoms with Crippen molar-refractivity contribution in [3.05, 3.63) is 59.3 Å². The Hall–Kier alpha value is -1.83. The normalized spacial score (nSPS) is 10.7. The van der Waals surface area contributed by atoms with E-state index >= 15 is 0 Å². The highest BCUT2D eigenvalue weighted by atomic mass is 127. The van der Waals surface area contributed by atoms with Gasteiger partial charge < -0.3 is 15.4 Å². The molecule has 1 heterocycles. The van der Waals surface area contributed by atoms with Crippen LogP contribution in [0.25, 0.3) is 0 Å². The number of ether oxygens (including phenoxy) is 1. The molecule has 2 N–H and O–H groups in total. The standard InChI is InChI=1S/C17H22N4O.HI/c1-13-5-4-6-14(9-13)11-20-17(18-2)21-12-15-7-8-19-16(10-15)22-3;/h4-10H,11-12H2,1-3H3,(H2,18,20,21);1H. The summed E-state index contributed by atoms with van der Waals surface area (Å²) < 4.78 is 5.12. The molecule has 0 saturated carbocycles. The van der Waals surface area contributed by atoms with Crippen molar-refractivity contribution in [2.45, 2.75) is 20.0 Å². The predicted molar refractivity (Wildman–Crippen MR) is 104 cm³/mol. The van der Waals surface area contributed by atoms with Crippen LogP contribution in [-0.2, 0) is 13.1 Å². The topological polar surface area (TPSA) is 58.5 Å². The lowest BCUT2D eigenvalue weighted by molar-refractivity contribution is 0.397. The van der Waals surface area contributed by atoms with Crippen molar-refractivity contribution in [1.82, 2.24) is 15.6 Å². The number of aliphatic imine (C=N–C) groups is 1. The zero-order valence-corrected chi connectivity index (χ0v) is 16.0. The fourth-order valence-electron chi connectivity index (χ4n) is 2.09. The fourth-order valence-corrected chi connectivity index (χ4v) is 2.09. The average molecular weight is 426 g/mol. The zero-order valence-electron chi connectivity index (χ0n) is 13.7. The van der Waals surface area contributed by atoms with Crippen LogP contribution in [0.15, 0.2) is 47.6 Å². The van der Waals surface area contributed by atoms with Gasteiger partial charge in [-0.2, -0.15) is 0 Å². The maximum Gasteiger partial charge on any atom is 0.213 e. The van der Waals surface area contributed by atoms with Crippen LogP contribution < -0.4 is 15.4 Å². The number of aryl methyl sites for hydroxylation is 1. The van der Waals surface area contributed by atoms with Crippen molar-refractivity contribution in [3.63, 3.8) is 0 Å². The van der Waals surface area contributed by atoms with E-state index in [9.17, 15) is 0 Å². The summed E-state index contributed by atoms with van der Waals surface area (Å²) in [6, 6.07) is 12.3. The molecule has 0 bridgehead atoms. The Morgan fingerprint density at radius 3 is 2.43 bits per heavy atom. The Morgan fingerprint density at radius 2 is 1.83 bits per heavy atom. The van der Waals surface area contributed by atoms with Gasteiger partial charge in [0.25, 0.3) is 0 Å². The molecule has 124 valence electrons. The van der Waals surface area contributed by atoms with Gasteiger partial charge in [-0.15, -0.1) is 24.0 Å². The second-order valence-electron chi connectivity index (χ2n) is 4.97. The number of hydrogen-bond acceptors (Lipinski definition) is 3.